The molecular weight excluding hydrogens is 190 g/mol. The van der Waals surface area contributed by atoms with Gasteiger partial charge in [-0.25, -0.2) is 4.79 Å². The average Bonchev–Trinajstić information content (AvgIpc) is 2.27. The van der Waals surface area contributed by atoms with Crippen molar-refractivity contribution in [3.63, 3.8) is 0 Å². The third-order valence-corrected chi connectivity index (χ3v) is 2.50. The summed E-state index contributed by atoms with van der Waals surface area (Å²) in [5.74, 6) is -0.197. The lowest BCUT2D eigenvalue weighted by molar-refractivity contribution is -0.139. The summed E-state index contributed by atoms with van der Waals surface area (Å²) in [6.45, 7) is 11.5. The Balaban J connectivity index is 3.58. The smallest absolute Gasteiger partial charge is 0.333 e. The van der Waals surface area contributed by atoms with Crippen molar-refractivity contribution < 1.29 is 9.53 Å². The van der Waals surface area contributed by atoms with E-state index in [1.807, 2.05) is 6.92 Å². The van der Waals surface area contributed by atoms with Crippen LogP contribution >= 0.6 is 0 Å². The number of carbonyl (C=O) groups excluding carboxylic acids is 1. The summed E-state index contributed by atoms with van der Waals surface area (Å²) >= 11 is 0. The van der Waals surface area contributed by atoms with Crippen LogP contribution in [0.2, 0.25) is 0 Å². The molecule has 0 aliphatic heterocycles. The van der Waals surface area contributed by atoms with Crippen LogP contribution in [0, 0.1) is 0 Å². The molecular formula is C12H23NO2. The zero-order chi connectivity index (χ0) is 11.7. The molecule has 0 spiro atoms. The van der Waals surface area contributed by atoms with Gasteiger partial charge < -0.3 is 9.64 Å². The van der Waals surface area contributed by atoms with Crippen LogP contribution in [0.1, 0.15) is 34.1 Å². The Morgan fingerprint density at radius 2 is 1.93 bits per heavy atom. The van der Waals surface area contributed by atoms with Crippen LogP contribution in [-0.2, 0) is 9.53 Å². The van der Waals surface area contributed by atoms with Crippen LogP contribution < -0.4 is 0 Å². The van der Waals surface area contributed by atoms with Gasteiger partial charge >= 0.3 is 5.97 Å². The molecule has 0 fully saturated rings. The predicted molar refractivity (Wildman–Crippen MR) is 62.8 cm³/mol. The van der Waals surface area contributed by atoms with Gasteiger partial charge in [0.15, 0.2) is 0 Å². The number of hydrogen-bond donors (Lipinski definition) is 0. The maximum Gasteiger partial charge on any atom is 0.333 e. The molecule has 88 valence electrons. The SMILES string of the molecule is CC=C(C)C(=O)OCCCN(CC)CC. The largest absolute Gasteiger partial charge is 0.462 e. The number of hydrogen-bond acceptors (Lipinski definition) is 3. The number of nitrogens with zero attached hydrogens (tertiary/aromatic N) is 1. The second-order valence-corrected chi connectivity index (χ2v) is 3.49. The molecule has 0 rings (SSSR count). The first-order valence-corrected chi connectivity index (χ1v) is 5.68. The van der Waals surface area contributed by atoms with Gasteiger partial charge in [0.25, 0.3) is 0 Å². The molecule has 0 aliphatic carbocycles. The molecule has 0 amide bonds. The Kier molecular flexibility index (Phi) is 8.01. The molecule has 0 N–H and O–H groups in total. The van der Waals surface area contributed by atoms with Crippen molar-refractivity contribution in [3.8, 4) is 0 Å². The summed E-state index contributed by atoms with van der Waals surface area (Å²) in [4.78, 5) is 13.6. The highest BCUT2D eigenvalue weighted by atomic mass is 16.5. The molecule has 0 saturated carbocycles. The zero-order valence-electron chi connectivity index (χ0n) is 10.4. The molecule has 0 saturated heterocycles. The lowest BCUT2D eigenvalue weighted by Gasteiger charge is -2.17. The zero-order valence-corrected chi connectivity index (χ0v) is 10.4. The minimum Gasteiger partial charge on any atom is -0.462 e. The Bertz CT molecular complexity index is 208. The van der Waals surface area contributed by atoms with Gasteiger partial charge in [0.1, 0.15) is 0 Å². The van der Waals surface area contributed by atoms with Crippen molar-refractivity contribution in [2.24, 2.45) is 0 Å². The van der Waals surface area contributed by atoms with Gasteiger partial charge in [0.05, 0.1) is 6.61 Å². The van der Waals surface area contributed by atoms with Crippen LogP contribution in [0.4, 0.5) is 0 Å². The molecule has 0 aromatic rings. The van der Waals surface area contributed by atoms with Crippen LogP contribution in [0.25, 0.3) is 0 Å². The molecule has 0 aliphatic rings. The minimum atomic E-state index is -0.197. The third kappa shape index (κ3) is 6.28. The van der Waals surface area contributed by atoms with E-state index in [0.717, 1.165) is 26.1 Å². The van der Waals surface area contributed by atoms with Gasteiger partial charge in [-0.1, -0.05) is 19.9 Å². The molecule has 15 heavy (non-hydrogen) atoms. The first-order chi connectivity index (χ1) is 7.15. The van der Waals surface area contributed by atoms with Crippen molar-refractivity contribution in [3.05, 3.63) is 11.6 Å². The maximum atomic E-state index is 11.3. The van der Waals surface area contributed by atoms with E-state index < -0.39 is 0 Å². The fourth-order valence-electron chi connectivity index (χ4n) is 1.22. The lowest BCUT2D eigenvalue weighted by atomic mass is 10.3. The number of esters is 1. The highest BCUT2D eigenvalue weighted by molar-refractivity contribution is 5.87. The molecule has 0 aromatic heterocycles. The first kappa shape index (κ1) is 14.2. The second-order valence-electron chi connectivity index (χ2n) is 3.49. The topological polar surface area (TPSA) is 29.5 Å². The number of allylic oxidation sites excluding steroid dienone is 1. The fourth-order valence-corrected chi connectivity index (χ4v) is 1.22. The predicted octanol–water partition coefficient (Wildman–Crippen LogP) is 2.23. The van der Waals surface area contributed by atoms with E-state index in [2.05, 4.69) is 18.7 Å². The number of ether oxygens (including phenoxy) is 1. The van der Waals surface area contributed by atoms with Gasteiger partial charge in [-0.2, -0.15) is 0 Å². The highest BCUT2D eigenvalue weighted by Crippen LogP contribution is 1.97. The van der Waals surface area contributed by atoms with E-state index in [0.29, 0.717) is 12.2 Å². The molecule has 0 atom stereocenters. The van der Waals surface area contributed by atoms with Gasteiger partial charge in [0, 0.05) is 12.1 Å². The summed E-state index contributed by atoms with van der Waals surface area (Å²) in [5, 5.41) is 0. The van der Waals surface area contributed by atoms with Crippen molar-refractivity contribution in [2.45, 2.75) is 34.1 Å². The Labute approximate surface area is 93.1 Å². The Hall–Kier alpha value is -0.830. The van der Waals surface area contributed by atoms with Gasteiger partial charge in [0.2, 0.25) is 0 Å². The van der Waals surface area contributed by atoms with Crippen LogP contribution in [0.15, 0.2) is 11.6 Å². The van der Waals surface area contributed by atoms with Gasteiger partial charge in [-0.15, -0.1) is 0 Å². The summed E-state index contributed by atoms with van der Waals surface area (Å²) in [6.07, 6.45) is 2.68. The van der Waals surface area contributed by atoms with Gasteiger partial charge in [-0.3, -0.25) is 0 Å². The highest BCUT2D eigenvalue weighted by Gasteiger charge is 2.04. The molecule has 0 unspecified atom stereocenters. The van der Waals surface area contributed by atoms with Crippen LogP contribution in [0.5, 0.6) is 0 Å². The summed E-state index contributed by atoms with van der Waals surface area (Å²) in [6, 6.07) is 0. The molecule has 3 nitrogen and oxygen atoms in total. The standard InChI is InChI=1S/C12H23NO2/c1-5-11(4)12(14)15-10-8-9-13(6-2)7-3/h5H,6-10H2,1-4H3. The van der Waals surface area contributed by atoms with E-state index in [4.69, 9.17) is 4.74 Å². The monoisotopic (exact) mass is 213 g/mol. The van der Waals surface area contributed by atoms with Crippen LogP contribution in [0.3, 0.4) is 0 Å². The number of carbonyl (C=O) groups is 1. The molecule has 0 heterocycles. The third-order valence-electron chi connectivity index (χ3n) is 2.50. The van der Waals surface area contributed by atoms with E-state index in [1.165, 1.54) is 0 Å². The average molecular weight is 213 g/mol. The summed E-state index contributed by atoms with van der Waals surface area (Å²) < 4.78 is 5.10. The summed E-state index contributed by atoms with van der Waals surface area (Å²) in [5.41, 5.74) is 0.679. The first-order valence-electron chi connectivity index (χ1n) is 5.68. The molecule has 0 radical (unpaired) electrons. The normalized spacial score (nSPS) is 11.9. The summed E-state index contributed by atoms with van der Waals surface area (Å²) in [7, 11) is 0. The fraction of sp³-hybridized carbons (Fsp3) is 0.750. The van der Waals surface area contributed by atoms with E-state index >= 15 is 0 Å². The second kappa shape index (κ2) is 8.48. The van der Waals surface area contributed by atoms with Gasteiger partial charge in [-0.05, 0) is 33.4 Å². The molecule has 0 bridgehead atoms. The van der Waals surface area contributed by atoms with Crippen molar-refractivity contribution in [1.29, 1.82) is 0 Å². The van der Waals surface area contributed by atoms with E-state index in [9.17, 15) is 4.79 Å². The number of rotatable bonds is 7. The Morgan fingerprint density at radius 3 is 2.40 bits per heavy atom. The van der Waals surface area contributed by atoms with Crippen molar-refractivity contribution in [1.82, 2.24) is 4.90 Å². The lowest BCUT2D eigenvalue weighted by Crippen LogP contribution is -2.25. The Morgan fingerprint density at radius 1 is 1.33 bits per heavy atom. The molecule has 3 heteroatoms. The van der Waals surface area contributed by atoms with Crippen LogP contribution in [-0.4, -0.2) is 37.1 Å². The van der Waals surface area contributed by atoms with E-state index in [1.54, 1.807) is 13.0 Å². The van der Waals surface area contributed by atoms with Crippen molar-refractivity contribution >= 4 is 5.97 Å². The quantitative estimate of drug-likeness (QED) is 0.369. The molecule has 0 aromatic carbocycles. The van der Waals surface area contributed by atoms with E-state index in [-0.39, 0.29) is 5.97 Å². The van der Waals surface area contributed by atoms with Crippen molar-refractivity contribution in [2.75, 3.05) is 26.2 Å². The maximum absolute atomic E-state index is 11.3. The minimum absolute atomic E-state index is 0.197.